The molecule has 1 amide bonds. The topological polar surface area (TPSA) is 90.1 Å². The number of rotatable bonds is 3. The molecule has 2 heterocycles. The second-order valence-corrected chi connectivity index (χ2v) is 7.72. The predicted octanol–water partition coefficient (Wildman–Crippen LogP) is 2.82. The summed E-state index contributed by atoms with van der Waals surface area (Å²) in [6.45, 7) is 4.05. The minimum absolute atomic E-state index is 0.0981. The highest BCUT2D eigenvalue weighted by Crippen LogP contribution is 2.40. The van der Waals surface area contributed by atoms with Gasteiger partial charge in [-0.2, -0.15) is 5.26 Å². The number of nitrogens with zero attached hydrogens (tertiary/aromatic N) is 1. The highest BCUT2D eigenvalue weighted by Gasteiger charge is 2.45. The molecule has 140 valence electrons. The standard InChI is InChI=1S/C21H24N4O2/c1-12-8-16(23-21(26)17-5-3-4-14(10-22)13(17)2)9-18-19(12)24-25-20(18)15-6-7-27-11-15/h3-7,11-12,16,18-20,24-25H,8-9H2,1-2H3,(H,23,26). The van der Waals surface area contributed by atoms with Crippen LogP contribution >= 0.6 is 0 Å². The lowest BCUT2D eigenvalue weighted by molar-refractivity contribution is 0.0897. The quantitative estimate of drug-likeness (QED) is 0.779. The van der Waals surface area contributed by atoms with Gasteiger partial charge in [0.05, 0.1) is 30.2 Å². The SMILES string of the molecule is Cc1c(C#N)cccc1C(=O)NC1CC(C)C2NNC(c3ccoc3)C2C1. The number of hydrogen-bond donors (Lipinski definition) is 3. The van der Waals surface area contributed by atoms with Crippen molar-refractivity contribution in [3.8, 4) is 6.07 Å². The summed E-state index contributed by atoms with van der Waals surface area (Å²) in [7, 11) is 0. The summed E-state index contributed by atoms with van der Waals surface area (Å²) in [5, 5.41) is 12.4. The average molecular weight is 364 g/mol. The molecule has 4 rings (SSSR count). The van der Waals surface area contributed by atoms with Crippen LogP contribution in [0.2, 0.25) is 0 Å². The minimum atomic E-state index is -0.0981. The predicted molar refractivity (Wildman–Crippen MR) is 101 cm³/mol. The van der Waals surface area contributed by atoms with E-state index in [2.05, 4.69) is 29.2 Å². The Kier molecular flexibility index (Phi) is 4.73. The van der Waals surface area contributed by atoms with E-state index in [1.807, 2.05) is 13.0 Å². The molecule has 27 heavy (non-hydrogen) atoms. The zero-order chi connectivity index (χ0) is 19.0. The van der Waals surface area contributed by atoms with E-state index in [1.165, 1.54) is 0 Å². The van der Waals surface area contributed by atoms with E-state index in [0.717, 1.165) is 24.0 Å². The summed E-state index contributed by atoms with van der Waals surface area (Å²) in [6.07, 6.45) is 5.30. The van der Waals surface area contributed by atoms with Crippen molar-refractivity contribution >= 4 is 5.91 Å². The summed E-state index contributed by atoms with van der Waals surface area (Å²) in [6, 6.07) is 10.1. The Hall–Kier alpha value is -2.62. The summed E-state index contributed by atoms with van der Waals surface area (Å²) >= 11 is 0. The number of carbonyl (C=O) groups is 1. The second kappa shape index (κ2) is 7.18. The summed E-state index contributed by atoms with van der Waals surface area (Å²) in [5.74, 6) is 0.715. The second-order valence-electron chi connectivity index (χ2n) is 7.72. The molecule has 1 saturated carbocycles. The Labute approximate surface area is 158 Å². The van der Waals surface area contributed by atoms with Crippen molar-refractivity contribution in [3.05, 3.63) is 59.0 Å². The van der Waals surface area contributed by atoms with Crippen molar-refractivity contribution in [2.75, 3.05) is 0 Å². The first-order valence-electron chi connectivity index (χ1n) is 9.42. The van der Waals surface area contributed by atoms with Crippen molar-refractivity contribution in [1.29, 1.82) is 5.26 Å². The van der Waals surface area contributed by atoms with Gasteiger partial charge in [0, 0.05) is 23.2 Å². The summed E-state index contributed by atoms with van der Waals surface area (Å²) in [5.41, 5.74) is 9.83. The van der Waals surface area contributed by atoms with Crippen LogP contribution in [0, 0.1) is 30.1 Å². The molecule has 0 radical (unpaired) electrons. The Morgan fingerprint density at radius 1 is 1.30 bits per heavy atom. The number of hydrogen-bond acceptors (Lipinski definition) is 5. The molecule has 6 heteroatoms. The maximum atomic E-state index is 12.8. The van der Waals surface area contributed by atoms with E-state index in [4.69, 9.17) is 4.42 Å². The van der Waals surface area contributed by atoms with Crippen molar-refractivity contribution in [2.45, 2.75) is 44.8 Å². The molecule has 1 aromatic carbocycles. The van der Waals surface area contributed by atoms with Crippen molar-refractivity contribution in [3.63, 3.8) is 0 Å². The maximum Gasteiger partial charge on any atom is 0.251 e. The fraction of sp³-hybridized carbons (Fsp3) is 0.429. The van der Waals surface area contributed by atoms with Gasteiger partial charge in [0.1, 0.15) is 0 Å². The third kappa shape index (κ3) is 3.25. The van der Waals surface area contributed by atoms with Gasteiger partial charge in [-0.15, -0.1) is 0 Å². The van der Waals surface area contributed by atoms with Gasteiger partial charge in [-0.1, -0.05) is 13.0 Å². The molecule has 0 spiro atoms. The first-order chi connectivity index (χ1) is 13.1. The van der Waals surface area contributed by atoms with Crippen LogP contribution in [0.3, 0.4) is 0 Å². The number of nitriles is 1. The van der Waals surface area contributed by atoms with Crippen LogP contribution in [-0.4, -0.2) is 18.0 Å². The summed E-state index contributed by atoms with van der Waals surface area (Å²) < 4.78 is 5.25. The molecule has 3 N–H and O–H groups in total. The van der Waals surface area contributed by atoms with Gasteiger partial charge in [0.15, 0.2) is 0 Å². The molecule has 1 aromatic heterocycles. The number of furan rings is 1. The van der Waals surface area contributed by atoms with Crippen LogP contribution in [0.25, 0.3) is 0 Å². The average Bonchev–Trinajstić information content (AvgIpc) is 3.31. The Morgan fingerprint density at radius 2 is 2.15 bits per heavy atom. The molecule has 5 atom stereocenters. The molecule has 1 saturated heterocycles. The molecule has 5 unspecified atom stereocenters. The van der Waals surface area contributed by atoms with Crippen LogP contribution in [-0.2, 0) is 0 Å². The van der Waals surface area contributed by atoms with Crippen LogP contribution in [0.5, 0.6) is 0 Å². The molecule has 6 nitrogen and oxygen atoms in total. The molecular weight excluding hydrogens is 340 g/mol. The molecule has 2 aromatic rings. The van der Waals surface area contributed by atoms with E-state index >= 15 is 0 Å². The molecule has 2 aliphatic rings. The van der Waals surface area contributed by atoms with E-state index in [1.54, 1.807) is 30.7 Å². The van der Waals surface area contributed by atoms with Crippen LogP contribution < -0.4 is 16.2 Å². The molecule has 1 aliphatic heterocycles. The number of nitrogens with one attached hydrogen (secondary N) is 3. The normalized spacial score (nSPS) is 29.7. The first kappa shape index (κ1) is 17.8. The Morgan fingerprint density at radius 3 is 2.89 bits per heavy atom. The number of amides is 1. The van der Waals surface area contributed by atoms with E-state index in [-0.39, 0.29) is 18.0 Å². The van der Waals surface area contributed by atoms with Gasteiger partial charge in [-0.05, 0) is 55.4 Å². The Bertz CT molecular complexity index is 871. The smallest absolute Gasteiger partial charge is 0.251 e. The van der Waals surface area contributed by atoms with E-state index < -0.39 is 0 Å². The van der Waals surface area contributed by atoms with E-state index in [9.17, 15) is 10.1 Å². The highest BCUT2D eigenvalue weighted by atomic mass is 16.3. The van der Waals surface area contributed by atoms with Crippen LogP contribution in [0.4, 0.5) is 0 Å². The first-order valence-corrected chi connectivity index (χ1v) is 9.42. The number of hydrazine groups is 1. The maximum absolute atomic E-state index is 12.8. The van der Waals surface area contributed by atoms with Gasteiger partial charge < -0.3 is 9.73 Å². The Balaban J connectivity index is 1.50. The summed E-state index contributed by atoms with van der Waals surface area (Å²) in [4.78, 5) is 12.8. The van der Waals surface area contributed by atoms with E-state index in [0.29, 0.717) is 29.0 Å². The third-order valence-corrected chi connectivity index (χ3v) is 6.06. The van der Waals surface area contributed by atoms with Crippen molar-refractivity contribution in [2.24, 2.45) is 11.8 Å². The molecular formula is C21H24N4O2. The van der Waals surface area contributed by atoms with Gasteiger partial charge in [0.2, 0.25) is 0 Å². The van der Waals surface area contributed by atoms with Gasteiger partial charge >= 0.3 is 0 Å². The van der Waals surface area contributed by atoms with Crippen molar-refractivity contribution in [1.82, 2.24) is 16.2 Å². The number of carbonyl (C=O) groups excluding carboxylic acids is 1. The van der Waals surface area contributed by atoms with Gasteiger partial charge in [0.25, 0.3) is 5.91 Å². The van der Waals surface area contributed by atoms with Crippen LogP contribution in [0.1, 0.15) is 52.9 Å². The fourth-order valence-electron chi connectivity index (χ4n) is 4.64. The zero-order valence-corrected chi connectivity index (χ0v) is 15.5. The minimum Gasteiger partial charge on any atom is -0.472 e. The monoisotopic (exact) mass is 364 g/mol. The van der Waals surface area contributed by atoms with Crippen molar-refractivity contribution < 1.29 is 9.21 Å². The highest BCUT2D eigenvalue weighted by molar-refractivity contribution is 5.96. The molecule has 2 fully saturated rings. The lowest BCUT2D eigenvalue weighted by Gasteiger charge is -2.37. The largest absolute Gasteiger partial charge is 0.472 e. The zero-order valence-electron chi connectivity index (χ0n) is 15.5. The van der Waals surface area contributed by atoms with Gasteiger partial charge in [-0.3, -0.25) is 10.2 Å². The van der Waals surface area contributed by atoms with Gasteiger partial charge in [-0.25, -0.2) is 5.43 Å². The van der Waals surface area contributed by atoms with Crippen LogP contribution in [0.15, 0.2) is 41.2 Å². The number of fused-ring (bicyclic) bond motifs is 1. The fourth-order valence-corrected chi connectivity index (χ4v) is 4.64. The molecule has 1 aliphatic carbocycles. The number of benzene rings is 1. The third-order valence-electron chi connectivity index (χ3n) is 6.06. The lowest BCUT2D eigenvalue weighted by Crippen LogP contribution is -2.48. The molecule has 0 bridgehead atoms. The lowest BCUT2D eigenvalue weighted by atomic mass is 9.72.